The van der Waals surface area contributed by atoms with Crippen molar-refractivity contribution in [1.82, 2.24) is 10.1 Å². The van der Waals surface area contributed by atoms with E-state index in [9.17, 15) is 16.8 Å². The maximum absolute atomic E-state index is 13.3. The summed E-state index contributed by atoms with van der Waals surface area (Å²) < 4.78 is 58.4. The minimum Gasteiger partial charge on any atom is -0.494 e. The molecule has 8 nitrogen and oxygen atoms in total. The number of rotatable bonds is 9. The normalized spacial score (nSPS) is 16.6. The van der Waals surface area contributed by atoms with Crippen LogP contribution in [0.2, 0.25) is 10.0 Å². The molecule has 3 aromatic carbocycles. The lowest BCUT2D eigenvalue weighted by Gasteiger charge is -2.21. The first-order chi connectivity index (χ1) is 17.5. The molecule has 0 aromatic heterocycles. The van der Waals surface area contributed by atoms with Gasteiger partial charge >= 0.3 is 0 Å². The molecule has 2 unspecified atom stereocenters. The lowest BCUT2D eigenvalue weighted by atomic mass is 9.96. The molecule has 37 heavy (non-hydrogen) atoms. The Morgan fingerprint density at radius 3 is 2.24 bits per heavy atom. The fourth-order valence-corrected chi connectivity index (χ4v) is 6.29. The van der Waals surface area contributed by atoms with Gasteiger partial charge in [0.15, 0.2) is 9.84 Å². The van der Waals surface area contributed by atoms with Crippen LogP contribution in [0.1, 0.15) is 36.6 Å². The number of hydrazone groups is 1. The number of benzene rings is 3. The Labute approximate surface area is 226 Å². The van der Waals surface area contributed by atoms with Crippen molar-refractivity contribution < 1.29 is 21.6 Å². The SMILES string of the molecule is CCOc1ccc(C2CC(C(NS(=O)(=O)c3ccc(S(C)(=O)=O)cc3)c3ccc(Cl)cc3Cl)=NN2)cc1. The van der Waals surface area contributed by atoms with Crippen LogP contribution in [0.3, 0.4) is 0 Å². The molecule has 0 bridgehead atoms. The predicted octanol–water partition coefficient (Wildman–Crippen LogP) is 4.91. The number of sulfone groups is 1. The minimum absolute atomic E-state index is 0.0197. The van der Waals surface area contributed by atoms with E-state index in [-0.39, 0.29) is 20.9 Å². The molecular weight excluding hydrogens is 557 g/mol. The van der Waals surface area contributed by atoms with E-state index in [1.54, 1.807) is 12.1 Å². The van der Waals surface area contributed by atoms with E-state index < -0.39 is 25.9 Å². The van der Waals surface area contributed by atoms with Crippen LogP contribution in [-0.2, 0) is 19.9 Å². The fourth-order valence-electron chi connectivity index (χ4n) is 3.93. The van der Waals surface area contributed by atoms with E-state index in [0.29, 0.717) is 29.3 Å². The summed E-state index contributed by atoms with van der Waals surface area (Å²) in [6.45, 7) is 2.48. The minimum atomic E-state index is -4.09. The largest absolute Gasteiger partial charge is 0.494 e. The van der Waals surface area contributed by atoms with Gasteiger partial charge in [-0.2, -0.15) is 9.82 Å². The van der Waals surface area contributed by atoms with Crippen molar-refractivity contribution in [3.63, 3.8) is 0 Å². The van der Waals surface area contributed by atoms with E-state index >= 15 is 0 Å². The van der Waals surface area contributed by atoms with Gasteiger partial charge < -0.3 is 10.2 Å². The molecule has 4 rings (SSSR count). The van der Waals surface area contributed by atoms with Gasteiger partial charge in [-0.15, -0.1) is 0 Å². The summed E-state index contributed by atoms with van der Waals surface area (Å²) in [6, 6.07) is 16.3. The summed E-state index contributed by atoms with van der Waals surface area (Å²) in [6.07, 6.45) is 1.46. The van der Waals surface area contributed by atoms with Gasteiger partial charge in [0.2, 0.25) is 10.0 Å². The number of hydrogen-bond donors (Lipinski definition) is 2. The molecule has 196 valence electrons. The molecule has 0 saturated carbocycles. The summed E-state index contributed by atoms with van der Waals surface area (Å²) in [4.78, 5) is -0.0732. The van der Waals surface area contributed by atoms with Crippen molar-refractivity contribution in [2.75, 3.05) is 12.9 Å². The topological polar surface area (TPSA) is 114 Å². The second kappa shape index (κ2) is 11.0. The molecule has 1 aliphatic rings. The van der Waals surface area contributed by atoms with Crippen LogP contribution in [0.4, 0.5) is 0 Å². The van der Waals surface area contributed by atoms with Gasteiger partial charge in [-0.3, -0.25) is 0 Å². The molecule has 0 aliphatic carbocycles. The van der Waals surface area contributed by atoms with Crippen LogP contribution < -0.4 is 14.9 Å². The highest BCUT2D eigenvalue weighted by atomic mass is 35.5. The van der Waals surface area contributed by atoms with Crippen LogP contribution in [0.15, 0.2) is 81.6 Å². The van der Waals surface area contributed by atoms with Gasteiger partial charge in [-0.1, -0.05) is 41.4 Å². The highest BCUT2D eigenvalue weighted by Crippen LogP contribution is 2.34. The van der Waals surface area contributed by atoms with E-state index in [2.05, 4.69) is 15.2 Å². The van der Waals surface area contributed by atoms with E-state index in [0.717, 1.165) is 17.6 Å². The molecule has 0 spiro atoms. The van der Waals surface area contributed by atoms with Gasteiger partial charge in [0.25, 0.3) is 0 Å². The monoisotopic (exact) mass is 581 g/mol. The van der Waals surface area contributed by atoms with E-state index in [4.69, 9.17) is 27.9 Å². The number of halogens is 2. The first-order valence-corrected chi connectivity index (χ1v) is 15.4. The molecular formula is C25H25Cl2N3O5S2. The van der Waals surface area contributed by atoms with Crippen LogP contribution in [0.25, 0.3) is 0 Å². The Morgan fingerprint density at radius 2 is 1.65 bits per heavy atom. The summed E-state index contributed by atoms with van der Waals surface area (Å²) >= 11 is 12.5. The number of sulfonamides is 1. The highest BCUT2D eigenvalue weighted by Gasteiger charge is 2.32. The quantitative estimate of drug-likeness (QED) is 0.371. The number of nitrogens with zero attached hydrogens (tertiary/aromatic N) is 1. The second-order valence-corrected chi connectivity index (χ2v) is 13.0. The maximum Gasteiger partial charge on any atom is 0.241 e. The smallest absolute Gasteiger partial charge is 0.241 e. The number of nitrogens with one attached hydrogen (secondary N) is 2. The van der Waals surface area contributed by atoms with Gasteiger partial charge in [-0.25, -0.2) is 16.8 Å². The van der Waals surface area contributed by atoms with Gasteiger partial charge in [0.05, 0.1) is 34.2 Å². The first kappa shape index (κ1) is 27.4. The summed E-state index contributed by atoms with van der Waals surface area (Å²) in [5.41, 5.74) is 5.05. The lowest BCUT2D eigenvalue weighted by molar-refractivity contribution is 0.340. The van der Waals surface area contributed by atoms with Gasteiger partial charge in [-0.05, 0) is 66.6 Å². The van der Waals surface area contributed by atoms with Crippen molar-refractivity contribution in [2.24, 2.45) is 5.10 Å². The van der Waals surface area contributed by atoms with E-state index in [1.165, 1.54) is 30.3 Å². The fraction of sp³-hybridized carbons (Fsp3) is 0.240. The van der Waals surface area contributed by atoms with Crippen LogP contribution in [0, 0.1) is 0 Å². The Hall–Kier alpha value is -2.63. The Bertz CT molecular complexity index is 1530. The molecule has 2 atom stereocenters. The van der Waals surface area contributed by atoms with Crippen molar-refractivity contribution in [3.05, 3.63) is 87.9 Å². The zero-order valence-electron chi connectivity index (χ0n) is 20.0. The molecule has 2 N–H and O–H groups in total. The van der Waals surface area contributed by atoms with Crippen LogP contribution in [-0.4, -0.2) is 35.4 Å². The number of ether oxygens (including phenoxy) is 1. The maximum atomic E-state index is 13.3. The number of hydrogen-bond acceptors (Lipinski definition) is 7. The van der Waals surface area contributed by atoms with Crippen molar-refractivity contribution >= 4 is 48.8 Å². The van der Waals surface area contributed by atoms with Gasteiger partial charge in [0, 0.05) is 22.7 Å². The zero-order chi connectivity index (χ0) is 26.8. The van der Waals surface area contributed by atoms with Crippen molar-refractivity contribution in [2.45, 2.75) is 35.2 Å². The average Bonchev–Trinajstić information content (AvgIpc) is 3.33. The highest BCUT2D eigenvalue weighted by molar-refractivity contribution is 7.90. The Balaban J connectivity index is 1.63. The zero-order valence-corrected chi connectivity index (χ0v) is 23.1. The third kappa shape index (κ3) is 6.45. The second-order valence-electron chi connectivity index (χ2n) is 8.45. The summed E-state index contributed by atoms with van der Waals surface area (Å²) in [7, 11) is -7.56. The molecule has 0 amide bonds. The Kier molecular flexibility index (Phi) is 8.15. The lowest BCUT2D eigenvalue weighted by Crippen LogP contribution is -2.33. The molecule has 0 fully saturated rings. The molecule has 0 radical (unpaired) electrons. The first-order valence-electron chi connectivity index (χ1n) is 11.3. The van der Waals surface area contributed by atoms with Crippen LogP contribution >= 0.6 is 23.2 Å². The Morgan fingerprint density at radius 1 is 1.00 bits per heavy atom. The molecule has 0 saturated heterocycles. The average molecular weight is 583 g/mol. The molecule has 1 heterocycles. The molecule has 1 aliphatic heterocycles. The standard InChI is InChI=1S/C25H25Cl2N3O5S2/c1-3-35-18-7-4-16(5-8-18)23-15-24(29-28-23)25(21-13-6-17(26)14-22(21)27)30-37(33,34)20-11-9-19(10-12-20)36(2,31)32/h4-14,23,25,28,30H,3,15H2,1-2H3. The summed E-state index contributed by atoms with van der Waals surface area (Å²) in [5.74, 6) is 0.755. The van der Waals surface area contributed by atoms with E-state index in [1.807, 2.05) is 31.2 Å². The summed E-state index contributed by atoms with van der Waals surface area (Å²) in [5, 5.41) is 5.14. The third-order valence-electron chi connectivity index (χ3n) is 5.81. The van der Waals surface area contributed by atoms with Crippen molar-refractivity contribution in [1.29, 1.82) is 0 Å². The third-order valence-corrected chi connectivity index (χ3v) is 8.94. The van der Waals surface area contributed by atoms with Gasteiger partial charge in [0.1, 0.15) is 5.75 Å². The predicted molar refractivity (Wildman–Crippen MR) is 145 cm³/mol. The van der Waals surface area contributed by atoms with Crippen molar-refractivity contribution in [3.8, 4) is 5.75 Å². The molecule has 12 heteroatoms. The van der Waals surface area contributed by atoms with Crippen LogP contribution in [0.5, 0.6) is 5.75 Å². The molecule has 3 aromatic rings.